The quantitative estimate of drug-likeness (QED) is 0.665. The topological polar surface area (TPSA) is 88.8 Å². The van der Waals surface area contributed by atoms with Crippen molar-refractivity contribution in [3.8, 4) is 5.75 Å². The highest BCUT2D eigenvalue weighted by molar-refractivity contribution is 7.80. The maximum atomic E-state index is 12.2. The summed E-state index contributed by atoms with van der Waals surface area (Å²) >= 11 is 5.47. The average molecular weight is 393 g/mol. The van der Waals surface area contributed by atoms with Crippen LogP contribution >= 0.6 is 12.2 Å². The fourth-order valence-electron chi connectivity index (χ4n) is 3.32. The number of nitrogens with two attached hydrogens (primary N) is 1. The second kappa shape index (κ2) is 7.90. The Bertz CT molecular complexity index is 719. The summed E-state index contributed by atoms with van der Waals surface area (Å²) in [6, 6.07) is 5.67. The van der Waals surface area contributed by atoms with Gasteiger partial charge in [0.1, 0.15) is 11.4 Å². The van der Waals surface area contributed by atoms with E-state index in [-0.39, 0.29) is 18.2 Å². The second-order valence-electron chi connectivity index (χ2n) is 7.96. The van der Waals surface area contributed by atoms with Gasteiger partial charge in [0.05, 0.1) is 6.61 Å². The summed E-state index contributed by atoms with van der Waals surface area (Å²) in [7, 11) is 0. The van der Waals surface area contributed by atoms with Gasteiger partial charge in [-0.25, -0.2) is 4.79 Å². The standard InChI is InChI=1S/C19H28N4O3S/c1-19(2,3)26-18(24)23-9-7-15(13(20)11-23)22-17(27)21-14-5-4-6-16-12(14)8-10-25-16/h4-6,13,15H,7-11,20H2,1-3H3,(H2,21,22,27). The van der Waals surface area contributed by atoms with Crippen LogP contribution in [0.5, 0.6) is 5.75 Å². The molecule has 0 aromatic heterocycles. The Labute approximate surface area is 165 Å². The minimum Gasteiger partial charge on any atom is -0.493 e. The number of hydrogen-bond acceptors (Lipinski definition) is 5. The van der Waals surface area contributed by atoms with Crippen molar-refractivity contribution >= 4 is 29.1 Å². The van der Waals surface area contributed by atoms with Crippen molar-refractivity contribution in [2.75, 3.05) is 25.0 Å². The molecule has 2 aliphatic heterocycles. The van der Waals surface area contributed by atoms with Crippen molar-refractivity contribution in [2.45, 2.75) is 51.3 Å². The van der Waals surface area contributed by atoms with Crippen LogP contribution in [-0.4, -0.2) is 53.5 Å². The van der Waals surface area contributed by atoms with Crippen LogP contribution in [0, 0.1) is 0 Å². The number of ether oxygens (including phenoxy) is 2. The predicted octanol–water partition coefficient (Wildman–Crippen LogP) is 2.24. The summed E-state index contributed by atoms with van der Waals surface area (Å²) in [6.45, 7) is 7.28. The zero-order chi connectivity index (χ0) is 19.6. The molecule has 2 unspecified atom stereocenters. The Morgan fingerprint density at radius 2 is 2.19 bits per heavy atom. The number of anilines is 1. The minimum atomic E-state index is -0.512. The van der Waals surface area contributed by atoms with Crippen LogP contribution in [0.25, 0.3) is 0 Å². The van der Waals surface area contributed by atoms with Gasteiger partial charge in [-0.2, -0.15) is 0 Å². The van der Waals surface area contributed by atoms with Crippen molar-refractivity contribution in [2.24, 2.45) is 5.73 Å². The monoisotopic (exact) mass is 392 g/mol. The lowest BCUT2D eigenvalue weighted by Crippen LogP contribution is -2.59. The summed E-state index contributed by atoms with van der Waals surface area (Å²) in [5, 5.41) is 7.08. The number of fused-ring (bicyclic) bond motifs is 1. The molecule has 148 valence electrons. The highest BCUT2D eigenvalue weighted by Crippen LogP contribution is 2.31. The van der Waals surface area contributed by atoms with E-state index < -0.39 is 5.60 Å². The van der Waals surface area contributed by atoms with E-state index in [1.165, 1.54) is 0 Å². The largest absolute Gasteiger partial charge is 0.493 e. The van der Waals surface area contributed by atoms with Crippen LogP contribution in [-0.2, 0) is 11.2 Å². The predicted molar refractivity (Wildman–Crippen MR) is 109 cm³/mol. The van der Waals surface area contributed by atoms with Crippen LogP contribution < -0.4 is 21.1 Å². The first kappa shape index (κ1) is 19.7. The third-order valence-electron chi connectivity index (χ3n) is 4.62. The van der Waals surface area contributed by atoms with Crippen molar-refractivity contribution in [1.29, 1.82) is 0 Å². The number of likely N-dealkylation sites (tertiary alicyclic amines) is 1. The number of thiocarbonyl (C=S) groups is 1. The van der Waals surface area contributed by atoms with Crippen molar-refractivity contribution in [1.82, 2.24) is 10.2 Å². The maximum Gasteiger partial charge on any atom is 0.410 e. The van der Waals surface area contributed by atoms with Crippen LogP contribution in [0.4, 0.5) is 10.5 Å². The number of carbonyl (C=O) groups is 1. The van der Waals surface area contributed by atoms with Crippen molar-refractivity contribution in [3.05, 3.63) is 23.8 Å². The van der Waals surface area contributed by atoms with E-state index in [0.29, 0.717) is 31.2 Å². The van der Waals surface area contributed by atoms with Crippen molar-refractivity contribution in [3.63, 3.8) is 0 Å². The number of nitrogens with one attached hydrogen (secondary N) is 2. The Kier molecular flexibility index (Phi) is 5.76. The van der Waals surface area contributed by atoms with Gasteiger partial charge in [0.25, 0.3) is 0 Å². The van der Waals surface area contributed by atoms with Gasteiger partial charge in [-0.3, -0.25) is 0 Å². The number of piperidine rings is 1. The Hall–Kier alpha value is -2.06. The van der Waals surface area contributed by atoms with Crippen molar-refractivity contribution < 1.29 is 14.3 Å². The molecular weight excluding hydrogens is 364 g/mol. The third kappa shape index (κ3) is 5.01. The molecule has 1 fully saturated rings. The molecule has 1 saturated heterocycles. The summed E-state index contributed by atoms with van der Waals surface area (Å²) in [4.78, 5) is 13.9. The highest BCUT2D eigenvalue weighted by Gasteiger charge is 2.32. The number of benzene rings is 1. The molecule has 2 atom stereocenters. The van der Waals surface area contributed by atoms with Gasteiger partial charge in [-0.05, 0) is 51.5 Å². The molecule has 1 aromatic carbocycles. The number of carbonyl (C=O) groups excluding carboxylic acids is 1. The van der Waals surface area contributed by atoms with E-state index in [0.717, 1.165) is 23.4 Å². The normalized spacial score (nSPS) is 21.9. The average Bonchev–Trinajstić information content (AvgIpc) is 3.05. The molecule has 0 spiro atoms. The first-order chi connectivity index (χ1) is 12.7. The molecule has 0 aliphatic carbocycles. The molecule has 8 heteroatoms. The van der Waals surface area contributed by atoms with Gasteiger partial charge in [-0.15, -0.1) is 0 Å². The summed E-state index contributed by atoms with van der Waals surface area (Å²) in [6.07, 6.45) is 1.25. The molecular formula is C19H28N4O3S. The fourth-order valence-corrected chi connectivity index (χ4v) is 3.58. The van der Waals surface area contributed by atoms with Gasteiger partial charge < -0.3 is 30.7 Å². The van der Waals surface area contributed by atoms with E-state index in [1.54, 1.807) is 4.90 Å². The molecule has 1 aromatic rings. The SMILES string of the molecule is CC(C)(C)OC(=O)N1CCC(NC(=S)Nc2cccc3c2CCO3)C(N)C1. The summed E-state index contributed by atoms with van der Waals surface area (Å²) < 4.78 is 11.0. The number of amides is 1. The van der Waals surface area contributed by atoms with Gasteiger partial charge in [-0.1, -0.05) is 6.07 Å². The molecule has 4 N–H and O–H groups in total. The molecule has 3 rings (SSSR count). The minimum absolute atomic E-state index is 0.00306. The van der Waals surface area contributed by atoms with E-state index in [2.05, 4.69) is 10.6 Å². The Morgan fingerprint density at radius 1 is 1.41 bits per heavy atom. The molecule has 2 aliphatic rings. The molecule has 7 nitrogen and oxygen atoms in total. The van der Waals surface area contributed by atoms with E-state index >= 15 is 0 Å². The lowest BCUT2D eigenvalue weighted by Gasteiger charge is -2.38. The van der Waals surface area contributed by atoms with E-state index in [4.69, 9.17) is 27.4 Å². The molecule has 2 heterocycles. The van der Waals surface area contributed by atoms with Gasteiger partial charge in [0.2, 0.25) is 0 Å². The zero-order valence-electron chi connectivity index (χ0n) is 16.1. The lowest BCUT2D eigenvalue weighted by molar-refractivity contribution is 0.0184. The molecule has 0 bridgehead atoms. The molecule has 0 saturated carbocycles. The summed E-state index contributed by atoms with van der Waals surface area (Å²) in [5.41, 5.74) is 7.88. The van der Waals surface area contributed by atoms with E-state index in [1.807, 2.05) is 39.0 Å². The van der Waals surface area contributed by atoms with E-state index in [9.17, 15) is 4.79 Å². The third-order valence-corrected chi connectivity index (χ3v) is 4.84. The number of hydrogen-bond donors (Lipinski definition) is 3. The van der Waals surface area contributed by atoms with Crippen LogP contribution in [0.3, 0.4) is 0 Å². The summed E-state index contributed by atoms with van der Waals surface area (Å²) in [5.74, 6) is 0.908. The fraction of sp³-hybridized carbons (Fsp3) is 0.579. The Morgan fingerprint density at radius 3 is 2.89 bits per heavy atom. The van der Waals surface area contributed by atoms with Crippen LogP contribution in [0.15, 0.2) is 18.2 Å². The molecule has 1 amide bonds. The lowest BCUT2D eigenvalue weighted by atomic mass is 10.0. The molecule has 0 radical (unpaired) electrons. The van der Waals surface area contributed by atoms with Crippen LogP contribution in [0.2, 0.25) is 0 Å². The maximum absolute atomic E-state index is 12.2. The van der Waals surface area contributed by atoms with Gasteiger partial charge in [0, 0.05) is 42.8 Å². The zero-order valence-corrected chi connectivity index (χ0v) is 16.9. The highest BCUT2D eigenvalue weighted by atomic mass is 32.1. The first-order valence-electron chi connectivity index (χ1n) is 9.28. The van der Waals surface area contributed by atoms with Gasteiger partial charge in [0.15, 0.2) is 5.11 Å². The van der Waals surface area contributed by atoms with Gasteiger partial charge >= 0.3 is 6.09 Å². The molecule has 27 heavy (non-hydrogen) atoms. The Balaban J connectivity index is 1.53. The first-order valence-corrected chi connectivity index (χ1v) is 9.69. The smallest absolute Gasteiger partial charge is 0.410 e. The number of nitrogens with zero attached hydrogens (tertiary/aromatic N) is 1. The van der Waals surface area contributed by atoms with Crippen LogP contribution in [0.1, 0.15) is 32.8 Å². The second-order valence-corrected chi connectivity index (χ2v) is 8.37. The number of rotatable bonds is 2.